The number of rotatable bonds is 7. The highest BCUT2D eigenvalue weighted by Crippen LogP contribution is 2.39. The fraction of sp³-hybridized carbons (Fsp3) is 0.143. The van der Waals surface area contributed by atoms with E-state index < -0.39 is 0 Å². The third kappa shape index (κ3) is 5.60. The number of halogens is 1. The predicted octanol–water partition coefficient (Wildman–Crippen LogP) is 5.43. The van der Waals surface area contributed by atoms with Crippen molar-refractivity contribution in [1.29, 1.82) is 0 Å². The van der Waals surface area contributed by atoms with Crippen molar-refractivity contribution in [2.24, 2.45) is 5.10 Å². The summed E-state index contributed by atoms with van der Waals surface area (Å²) in [4.78, 5) is 31.4. The number of ether oxygens (including phenoxy) is 1. The number of nitrogens with zero attached hydrogens (tertiary/aromatic N) is 3. The molecule has 7 nitrogen and oxygen atoms in total. The van der Waals surface area contributed by atoms with Crippen LogP contribution in [0.3, 0.4) is 0 Å². The molecule has 0 unspecified atom stereocenters. The molecule has 2 amide bonds. The van der Waals surface area contributed by atoms with Gasteiger partial charge in [-0.05, 0) is 41.5 Å². The number of amides is 2. The molecule has 1 N–H and O–H groups in total. The molecule has 1 aromatic heterocycles. The molecule has 1 saturated heterocycles. The molecule has 0 aliphatic carbocycles. The van der Waals surface area contributed by atoms with Gasteiger partial charge in [-0.15, -0.1) is 11.8 Å². The van der Waals surface area contributed by atoms with Crippen LogP contribution in [0.1, 0.15) is 32.4 Å². The largest absolute Gasteiger partial charge is 0.497 e. The summed E-state index contributed by atoms with van der Waals surface area (Å²) in [6.07, 6.45) is 1.47. The number of pyridine rings is 1. The van der Waals surface area contributed by atoms with Crippen LogP contribution in [0.15, 0.2) is 84.0 Å². The Morgan fingerprint density at radius 1 is 1.16 bits per heavy atom. The maximum absolute atomic E-state index is 12.6. The van der Waals surface area contributed by atoms with Crippen LogP contribution < -0.4 is 10.2 Å². The van der Waals surface area contributed by atoms with E-state index in [0.717, 1.165) is 16.5 Å². The molecular weight excluding hydrogens is 508 g/mol. The summed E-state index contributed by atoms with van der Waals surface area (Å²) in [5.74, 6) is 0.885. The highest BCUT2D eigenvalue weighted by atomic mass is 35.5. The predicted molar refractivity (Wildman–Crippen MR) is 147 cm³/mol. The van der Waals surface area contributed by atoms with Crippen molar-refractivity contribution in [3.05, 3.63) is 106 Å². The van der Waals surface area contributed by atoms with Crippen molar-refractivity contribution < 1.29 is 14.3 Å². The summed E-state index contributed by atoms with van der Waals surface area (Å²) in [5.41, 5.74) is 6.33. The molecule has 37 heavy (non-hydrogen) atoms. The molecule has 186 valence electrons. The van der Waals surface area contributed by atoms with Crippen LogP contribution in [0.5, 0.6) is 5.75 Å². The second-order valence-corrected chi connectivity index (χ2v) is 9.85. The van der Waals surface area contributed by atoms with Gasteiger partial charge in [0.2, 0.25) is 5.91 Å². The van der Waals surface area contributed by atoms with E-state index in [1.807, 2.05) is 65.6 Å². The van der Waals surface area contributed by atoms with Gasteiger partial charge in [0.15, 0.2) is 0 Å². The van der Waals surface area contributed by atoms with E-state index in [1.165, 1.54) is 6.21 Å². The van der Waals surface area contributed by atoms with Crippen LogP contribution in [-0.4, -0.2) is 40.8 Å². The molecule has 1 aliphatic heterocycles. The first-order valence-corrected chi connectivity index (χ1v) is 13.0. The molecule has 0 saturated carbocycles. The summed E-state index contributed by atoms with van der Waals surface area (Å²) in [6, 6.07) is 24.5. The number of hydrogen-bond acceptors (Lipinski definition) is 6. The van der Waals surface area contributed by atoms with Crippen LogP contribution in [0, 0.1) is 0 Å². The third-order valence-corrected chi connectivity index (χ3v) is 7.56. The van der Waals surface area contributed by atoms with Crippen LogP contribution in [0.2, 0.25) is 5.15 Å². The minimum Gasteiger partial charge on any atom is -0.497 e. The normalized spacial score (nSPS) is 15.5. The molecule has 2 heterocycles. The van der Waals surface area contributed by atoms with Gasteiger partial charge in [0.1, 0.15) is 16.3 Å². The number of thioether (sulfide) groups is 1. The molecule has 0 radical (unpaired) electrons. The number of hydrazone groups is 1. The standard InChI is InChI=1S/C28H23ClN4O3S/c1-36-23-12-11-21-13-22(26(29)31-24(21)14-23)15-30-32-27(35)19-7-9-20(10-8-19)28-33(25(34)17-37-28)16-18-5-3-2-4-6-18/h2-15,28H,16-17H2,1H3,(H,32,35)/b30-15-/t28-/m0/s1. The highest BCUT2D eigenvalue weighted by Gasteiger charge is 2.32. The molecule has 5 rings (SSSR count). The van der Waals surface area contributed by atoms with Crippen LogP contribution >= 0.6 is 23.4 Å². The summed E-state index contributed by atoms with van der Waals surface area (Å²) < 4.78 is 5.22. The monoisotopic (exact) mass is 530 g/mol. The lowest BCUT2D eigenvalue weighted by Crippen LogP contribution is -2.27. The lowest BCUT2D eigenvalue weighted by Gasteiger charge is -2.24. The fourth-order valence-corrected chi connectivity index (χ4v) is 5.44. The van der Waals surface area contributed by atoms with Crippen molar-refractivity contribution in [1.82, 2.24) is 15.3 Å². The van der Waals surface area contributed by atoms with Crippen molar-refractivity contribution in [2.45, 2.75) is 11.9 Å². The number of benzene rings is 3. The van der Waals surface area contributed by atoms with E-state index in [1.54, 1.807) is 37.1 Å². The summed E-state index contributed by atoms with van der Waals surface area (Å²) in [5, 5.41) is 5.11. The molecule has 9 heteroatoms. The lowest BCUT2D eigenvalue weighted by atomic mass is 10.1. The number of fused-ring (bicyclic) bond motifs is 1. The van der Waals surface area contributed by atoms with Crippen molar-refractivity contribution in [3.63, 3.8) is 0 Å². The lowest BCUT2D eigenvalue weighted by molar-refractivity contribution is -0.128. The van der Waals surface area contributed by atoms with E-state index in [0.29, 0.717) is 34.7 Å². The SMILES string of the molecule is COc1ccc2cc(/C=N\NC(=O)c3ccc([C@@H]4SCC(=O)N4Cc4ccccc4)cc3)c(Cl)nc2c1. The molecular formula is C28H23ClN4O3S. The number of hydrogen-bond donors (Lipinski definition) is 1. The molecule has 3 aromatic carbocycles. The zero-order chi connectivity index (χ0) is 25.8. The van der Waals surface area contributed by atoms with Crippen LogP contribution in [0.25, 0.3) is 10.9 Å². The Kier molecular flexibility index (Phi) is 7.39. The molecule has 1 fully saturated rings. The Labute approximate surface area is 223 Å². The minimum absolute atomic E-state index is 0.0923. The second kappa shape index (κ2) is 11.0. The Morgan fingerprint density at radius 3 is 2.70 bits per heavy atom. The smallest absolute Gasteiger partial charge is 0.271 e. The summed E-state index contributed by atoms with van der Waals surface area (Å²) in [7, 11) is 1.59. The molecule has 1 atom stereocenters. The third-order valence-electron chi connectivity index (χ3n) is 6.00. The molecule has 0 spiro atoms. The van der Waals surface area contributed by atoms with Crippen molar-refractivity contribution >= 4 is 52.3 Å². The van der Waals surface area contributed by atoms with Gasteiger partial charge in [-0.1, -0.05) is 54.1 Å². The topological polar surface area (TPSA) is 83.9 Å². The van der Waals surface area contributed by atoms with Crippen LogP contribution in [0.4, 0.5) is 0 Å². The average Bonchev–Trinajstić information content (AvgIpc) is 3.28. The molecule has 0 bridgehead atoms. The number of carbonyl (C=O) groups excluding carboxylic acids is 2. The van der Waals surface area contributed by atoms with Crippen molar-refractivity contribution in [3.8, 4) is 5.75 Å². The second-order valence-electron chi connectivity index (χ2n) is 8.42. The highest BCUT2D eigenvalue weighted by molar-refractivity contribution is 8.00. The summed E-state index contributed by atoms with van der Waals surface area (Å²) in [6.45, 7) is 0.550. The van der Waals surface area contributed by atoms with Crippen LogP contribution in [-0.2, 0) is 11.3 Å². The van der Waals surface area contributed by atoms with E-state index in [9.17, 15) is 9.59 Å². The number of aromatic nitrogens is 1. The zero-order valence-corrected chi connectivity index (χ0v) is 21.5. The maximum Gasteiger partial charge on any atom is 0.271 e. The number of methoxy groups -OCH3 is 1. The quantitative estimate of drug-likeness (QED) is 0.195. The minimum atomic E-state index is -0.353. The van der Waals surface area contributed by atoms with Gasteiger partial charge in [-0.2, -0.15) is 5.10 Å². The Morgan fingerprint density at radius 2 is 1.95 bits per heavy atom. The molecule has 4 aromatic rings. The van der Waals surface area contributed by atoms with Gasteiger partial charge in [-0.3, -0.25) is 9.59 Å². The summed E-state index contributed by atoms with van der Waals surface area (Å²) >= 11 is 7.89. The van der Waals surface area contributed by atoms with E-state index in [-0.39, 0.29) is 22.3 Å². The van der Waals surface area contributed by atoms with Gasteiger partial charge >= 0.3 is 0 Å². The Hall–Kier alpha value is -3.88. The van der Waals surface area contributed by atoms with Crippen molar-refractivity contribution in [2.75, 3.05) is 12.9 Å². The van der Waals surface area contributed by atoms with Gasteiger partial charge < -0.3 is 9.64 Å². The first-order valence-electron chi connectivity index (χ1n) is 11.5. The number of nitrogens with one attached hydrogen (secondary N) is 1. The Balaban J connectivity index is 1.24. The number of carbonyl (C=O) groups is 2. The fourth-order valence-electron chi connectivity index (χ4n) is 4.06. The molecule has 1 aliphatic rings. The van der Waals surface area contributed by atoms with E-state index in [2.05, 4.69) is 15.5 Å². The van der Waals surface area contributed by atoms with E-state index in [4.69, 9.17) is 16.3 Å². The van der Waals surface area contributed by atoms with Gasteiger partial charge in [0, 0.05) is 29.1 Å². The van der Waals surface area contributed by atoms with Gasteiger partial charge in [0.05, 0.1) is 24.6 Å². The first-order chi connectivity index (χ1) is 18.0. The van der Waals surface area contributed by atoms with Gasteiger partial charge in [0.25, 0.3) is 5.91 Å². The average molecular weight is 531 g/mol. The first kappa shape index (κ1) is 24.8. The van der Waals surface area contributed by atoms with E-state index >= 15 is 0 Å². The zero-order valence-electron chi connectivity index (χ0n) is 19.9. The Bertz CT molecular complexity index is 1480. The maximum atomic E-state index is 12.6. The van der Waals surface area contributed by atoms with Gasteiger partial charge in [-0.25, -0.2) is 10.4 Å².